The van der Waals surface area contributed by atoms with Crippen LogP contribution in [0.3, 0.4) is 0 Å². The molecule has 1 fully saturated rings. The van der Waals surface area contributed by atoms with Crippen LogP contribution in [0.5, 0.6) is 5.75 Å². The van der Waals surface area contributed by atoms with Crippen LogP contribution in [0.15, 0.2) is 54.6 Å². The van der Waals surface area contributed by atoms with E-state index >= 15 is 0 Å². The number of hydrogen-bond acceptors (Lipinski definition) is 3. The molecule has 1 saturated heterocycles. The molecular formula is C20H22N2O3. The number of rotatable bonds is 6. The summed E-state index contributed by atoms with van der Waals surface area (Å²) in [6, 6.07) is 16.7. The minimum atomic E-state index is -0.984. The highest BCUT2D eigenvalue weighted by atomic mass is 16.5. The van der Waals surface area contributed by atoms with Crippen LogP contribution in [0.2, 0.25) is 0 Å². The van der Waals surface area contributed by atoms with Gasteiger partial charge in [-0.25, -0.2) is 4.79 Å². The molecule has 1 N–H and O–H groups in total. The van der Waals surface area contributed by atoms with E-state index in [9.17, 15) is 9.59 Å². The lowest BCUT2D eigenvalue weighted by molar-refractivity contribution is -0.132. The minimum Gasteiger partial charge on any atom is -0.492 e. The van der Waals surface area contributed by atoms with Crippen LogP contribution >= 0.6 is 0 Å². The summed E-state index contributed by atoms with van der Waals surface area (Å²) in [7, 11) is 0. The SMILES string of the molecule is CC[C@@]1(c2ccccc2)NC(=O)N(CCOc2ccc(C)cc2)C1=O. The molecule has 0 radical (unpaired) electrons. The van der Waals surface area contributed by atoms with Crippen molar-refractivity contribution < 1.29 is 14.3 Å². The molecule has 25 heavy (non-hydrogen) atoms. The predicted molar refractivity (Wildman–Crippen MR) is 95.3 cm³/mol. The Morgan fingerprint density at radius 2 is 1.72 bits per heavy atom. The normalized spacial score (nSPS) is 19.8. The minimum absolute atomic E-state index is 0.215. The van der Waals surface area contributed by atoms with Gasteiger partial charge in [0.05, 0.1) is 6.54 Å². The maximum atomic E-state index is 12.9. The van der Waals surface area contributed by atoms with E-state index in [1.807, 2.05) is 68.4 Å². The van der Waals surface area contributed by atoms with E-state index in [0.29, 0.717) is 6.42 Å². The van der Waals surface area contributed by atoms with E-state index in [1.165, 1.54) is 4.90 Å². The fraction of sp³-hybridized carbons (Fsp3) is 0.300. The maximum Gasteiger partial charge on any atom is 0.325 e. The van der Waals surface area contributed by atoms with Crippen molar-refractivity contribution in [2.75, 3.05) is 13.2 Å². The second kappa shape index (κ2) is 6.97. The fourth-order valence-corrected chi connectivity index (χ4v) is 3.08. The zero-order valence-corrected chi connectivity index (χ0v) is 14.5. The summed E-state index contributed by atoms with van der Waals surface area (Å²) >= 11 is 0. The summed E-state index contributed by atoms with van der Waals surface area (Å²) < 4.78 is 5.65. The van der Waals surface area contributed by atoms with E-state index in [-0.39, 0.29) is 25.1 Å². The topological polar surface area (TPSA) is 58.6 Å². The molecule has 0 spiro atoms. The Labute approximate surface area is 147 Å². The summed E-state index contributed by atoms with van der Waals surface area (Å²) in [5.41, 5.74) is 0.970. The molecule has 2 aromatic rings. The summed E-state index contributed by atoms with van der Waals surface area (Å²) in [5.74, 6) is 0.501. The number of carbonyl (C=O) groups is 2. The molecule has 130 valence electrons. The number of nitrogens with zero attached hydrogens (tertiary/aromatic N) is 1. The molecule has 0 aliphatic carbocycles. The molecule has 1 aliphatic heterocycles. The highest BCUT2D eigenvalue weighted by Crippen LogP contribution is 2.32. The van der Waals surface area contributed by atoms with Gasteiger partial charge in [-0.05, 0) is 31.0 Å². The lowest BCUT2D eigenvalue weighted by atomic mass is 9.87. The third-order valence-electron chi connectivity index (χ3n) is 4.58. The smallest absolute Gasteiger partial charge is 0.325 e. The lowest BCUT2D eigenvalue weighted by Crippen LogP contribution is -2.43. The summed E-state index contributed by atoms with van der Waals surface area (Å²) in [4.78, 5) is 26.5. The first kappa shape index (κ1) is 17.0. The molecule has 5 heteroatoms. The van der Waals surface area contributed by atoms with Crippen LogP contribution in [0, 0.1) is 6.92 Å². The monoisotopic (exact) mass is 338 g/mol. The molecule has 0 saturated carbocycles. The lowest BCUT2D eigenvalue weighted by Gasteiger charge is -2.25. The largest absolute Gasteiger partial charge is 0.492 e. The standard InChI is InChI=1S/C20H22N2O3/c1-3-20(16-7-5-4-6-8-16)18(23)22(19(24)21-20)13-14-25-17-11-9-15(2)10-12-17/h4-12H,3,13-14H2,1-2H3,(H,21,24)/t20-/m0/s1. The number of hydrogen-bond donors (Lipinski definition) is 1. The second-order valence-electron chi connectivity index (χ2n) is 6.17. The molecule has 0 bridgehead atoms. The van der Waals surface area contributed by atoms with Crippen molar-refractivity contribution in [2.45, 2.75) is 25.8 Å². The molecule has 0 aromatic heterocycles. The quantitative estimate of drug-likeness (QED) is 0.823. The number of nitrogens with one attached hydrogen (secondary N) is 1. The van der Waals surface area contributed by atoms with Gasteiger partial charge in [0.2, 0.25) is 0 Å². The molecule has 0 unspecified atom stereocenters. The Morgan fingerprint density at radius 3 is 2.36 bits per heavy atom. The zero-order chi connectivity index (χ0) is 17.9. The van der Waals surface area contributed by atoms with Crippen molar-refractivity contribution in [3.05, 3.63) is 65.7 Å². The Bertz CT molecular complexity index is 758. The second-order valence-corrected chi connectivity index (χ2v) is 6.17. The third kappa shape index (κ3) is 3.22. The van der Waals surface area contributed by atoms with E-state index < -0.39 is 5.54 Å². The zero-order valence-electron chi connectivity index (χ0n) is 14.5. The molecule has 1 atom stereocenters. The maximum absolute atomic E-state index is 12.9. The number of benzene rings is 2. The van der Waals surface area contributed by atoms with E-state index in [4.69, 9.17) is 4.74 Å². The molecule has 3 amide bonds. The van der Waals surface area contributed by atoms with Gasteiger partial charge < -0.3 is 10.1 Å². The van der Waals surface area contributed by atoms with Crippen LogP contribution in [0.4, 0.5) is 4.79 Å². The average molecular weight is 338 g/mol. The summed E-state index contributed by atoms with van der Waals surface area (Å²) in [6.07, 6.45) is 0.497. The average Bonchev–Trinajstić information content (AvgIpc) is 2.89. The number of ether oxygens (including phenoxy) is 1. The first-order chi connectivity index (χ1) is 12.1. The summed E-state index contributed by atoms with van der Waals surface area (Å²) in [5, 5.41) is 2.87. The van der Waals surface area contributed by atoms with Crippen LogP contribution in [0.1, 0.15) is 24.5 Å². The Morgan fingerprint density at radius 1 is 1.04 bits per heavy atom. The number of imide groups is 1. The fourth-order valence-electron chi connectivity index (χ4n) is 3.08. The van der Waals surface area contributed by atoms with Crippen LogP contribution in [0.25, 0.3) is 0 Å². The summed E-state index contributed by atoms with van der Waals surface area (Å²) in [6.45, 7) is 4.38. The van der Waals surface area contributed by atoms with Crippen molar-refractivity contribution in [3.8, 4) is 5.75 Å². The van der Waals surface area contributed by atoms with Crippen molar-refractivity contribution in [1.82, 2.24) is 10.2 Å². The number of urea groups is 1. The van der Waals surface area contributed by atoms with Crippen LogP contribution in [-0.2, 0) is 10.3 Å². The van der Waals surface area contributed by atoms with Crippen molar-refractivity contribution in [1.29, 1.82) is 0 Å². The van der Waals surface area contributed by atoms with Gasteiger partial charge in [-0.3, -0.25) is 9.69 Å². The molecule has 2 aromatic carbocycles. The Kier molecular flexibility index (Phi) is 4.74. The van der Waals surface area contributed by atoms with Crippen LogP contribution in [-0.4, -0.2) is 30.0 Å². The number of carbonyl (C=O) groups excluding carboxylic acids is 2. The van der Waals surface area contributed by atoms with Crippen LogP contribution < -0.4 is 10.1 Å². The first-order valence-electron chi connectivity index (χ1n) is 8.46. The van der Waals surface area contributed by atoms with E-state index in [1.54, 1.807) is 0 Å². The van der Waals surface area contributed by atoms with E-state index in [0.717, 1.165) is 16.9 Å². The predicted octanol–water partition coefficient (Wildman–Crippen LogP) is 3.23. The van der Waals surface area contributed by atoms with Gasteiger partial charge in [0.1, 0.15) is 17.9 Å². The number of aryl methyl sites for hydroxylation is 1. The number of amides is 3. The molecule has 5 nitrogen and oxygen atoms in total. The third-order valence-corrected chi connectivity index (χ3v) is 4.58. The molecule has 3 rings (SSSR count). The Balaban J connectivity index is 1.69. The molecule has 1 heterocycles. The molecule has 1 aliphatic rings. The highest BCUT2D eigenvalue weighted by molar-refractivity contribution is 6.07. The van der Waals surface area contributed by atoms with E-state index in [2.05, 4.69) is 5.32 Å². The van der Waals surface area contributed by atoms with Gasteiger partial charge in [-0.15, -0.1) is 0 Å². The van der Waals surface area contributed by atoms with Gasteiger partial charge in [-0.2, -0.15) is 0 Å². The first-order valence-corrected chi connectivity index (χ1v) is 8.46. The highest BCUT2D eigenvalue weighted by Gasteiger charge is 2.50. The van der Waals surface area contributed by atoms with Gasteiger partial charge in [-0.1, -0.05) is 55.0 Å². The van der Waals surface area contributed by atoms with Crippen molar-refractivity contribution in [2.24, 2.45) is 0 Å². The van der Waals surface area contributed by atoms with Gasteiger partial charge in [0.15, 0.2) is 0 Å². The van der Waals surface area contributed by atoms with Crippen molar-refractivity contribution in [3.63, 3.8) is 0 Å². The Hall–Kier alpha value is -2.82. The molecular weight excluding hydrogens is 316 g/mol. The van der Waals surface area contributed by atoms with Gasteiger partial charge in [0, 0.05) is 0 Å². The van der Waals surface area contributed by atoms with Gasteiger partial charge >= 0.3 is 6.03 Å². The van der Waals surface area contributed by atoms with Crippen molar-refractivity contribution >= 4 is 11.9 Å². The van der Waals surface area contributed by atoms with Gasteiger partial charge in [0.25, 0.3) is 5.91 Å².